The minimum absolute atomic E-state index is 0.162. The van der Waals surface area contributed by atoms with Crippen LogP contribution in [0.25, 0.3) is 0 Å². The number of fused-ring (bicyclic) bond motifs is 1. The fourth-order valence-electron chi connectivity index (χ4n) is 2.04. The van der Waals surface area contributed by atoms with Crippen LogP contribution in [0.3, 0.4) is 0 Å². The molecule has 0 unspecified atom stereocenters. The molecule has 0 radical (unpaired) electrons. The van der Waals surface area contributed by atoms with E-state index in [0.29, 0.717) is 22.9 Å². The third kappa shape index (κ3) is 2.42. The first-order chi connectivity index (χ1) is 9.63. The zero-order chi connectivity index (χ0) is 14.1. The van der Waals surface area contributed by atoms with E-state index in [1.54, 1.807) is 6.07 Å². The number of nitrogen functional groups attached to an aromatic ring is 1. The van der Waals surface area contributed by atoms with E-state index in [1.165, 1.54) is 11.3 Å². The molecule has 104 valence electrons. The van der Waals surface area contributed by atoms with E-state index in [0.717, 1.165) is 16.2 Å². The molecule has 1 aliphatic rings. The average molecular weight is 290 g/mol. The van der Waals surface area contributed by atoms with Crippen molar-refractivity contribution in [2.24, 2.45) is 0 Å². The molecule has 5 nitrogen and oxygen atoms in total. The van der Waals surface area contributed by atoms with Crippen molar-refractivity contribution in [3.05, 3.63) is 40.3 Å². The number of hydrogen-bond donors (Lipinski definition) is 2. The Morgan fingerprint density at radius 2 is 2.15 bits per heavy atom. The molecule has 1 aliphatic heterocycles. The Balaban J connectivity index is 1.67. The molecule has 3 rings (SSSR count). The van der Waals surface area contributed by atoms with Gasteiger partial charge in [0.05, 0.1) is 10.6 Å². The Morgan fingerprint density at radius 1 is 1.35 bits per heavy atom. The number of anilines is 1. The predicted octanol–water partition coefficient (Wildman–Crippen LogP) is 2.30. The second-order valence-electron chi connectivity index (χ2n) is 4.51. The topological polar surface area (TPSA) is 73.6 Å². The molecule has 0 saturated carbocycles. The highest BCUT2D eigenvalue weighted by molar-refractivity contribution is 7.16. The van der Waals surface area contributed by atoms with E-state index in [-0.39, 0.29) is 12.7 Å². The number of nitrogens with one attached hydrogen (secondary N) is 1. The molecule has 0 fully saturated rings. The molecule has 2 heterocycles. The van der Waals surface area contributed by atoms with Crippen molar-refractivity contribution in [2.75, 3.05) is 12.5 Å². The quantitative estimate of drug-likeness (QED) is 0.909. The minimum Gasteiger partial charge on any atom is -0.454 e. The van der Waals surface area contributed by atoms with Gasteiger partial charge >= 0.3 is 0 Å². The number of ether oxygens (including phenoxy) is 2. The van der Waals surface area contributed by atoms with Gasteiger partial charge in [0.1, 0.15) is 0 Å². The molecule has 6 heteroatoms. The maximum Gasteiger partial charge on any atom is 0.254 e. The lowest BCUT2D eigenvalue weighted by molar-refractivity contribution is 0.0952. The molecular weight excluding hydrogens is 276 g/mol. The smallest absolute Gasteiger partial charge is 0.254 e. The van der Waals surface area contributed by atoms with Crippen LogP contribution in [0.2, 0.25) is 0 Å². The highest BCUT2D eigenvalue weighted by Crippen LogP contribution is 2.32. The minimum atomic E-state index is -0.162. The second-order valence-corrected chi connectivity index (χ2v) is 5.79. The summed E-state index contributed by atoms with van der Waals surface area (Å²) in [5.41, 5.74) is 7.29. The third-order valence-electron chi connectivity index (χ3n) is 3.02. The van der Waals surface area contributed by atoms with E-state index < -0.39 is 0 Å². The summed E-state index contributed by atoms with van der Waals surface area (Å²) in [5.74, 6) is 1.28. The standard InChI is InChI=1S/C14H14N2O3S/c1-8-4-10(13(15)20-8)14(17)16-6-9-2-3-11-12(5-9)19-7-18-11/h2-5H,6-7,15H2,1H3,(H,16,17). The number of amides is 1. The molecule has 1 amide bonds. The van der Waals surface area contributed by atoms with E-state index in [1.807, 2.05) is 25.1 Å². The van der Waals surface area contributed by atoms with Gasteiger partial charge in [0.15, 0.2) is 11.5 Å². The van der Waals surface area contributed by atoms with Gasteiger partial charge in [-0.05, 0) is 30.7 Å². The van der Waals surface area contributed by atoms with Gasteiger partial charge < -0.3 is 20.5 Å². The van der Waals surface area contributed by atoms with Crippen LogP contribution in [0.4, 0.5) is 5.00 Å². The fourth-order valence-corrected chi connectivity index (χ4v) is 2.82. The van der Waals surface area contributed by atoms with E-state index in [9.17, 15) is 4.79 Å². The number of thiophene rings is 1. The summed E-state index contributed by atoms with van der Waals surface area (Å²) >= 11 is 1.42. The average Bonchev–Trinajstić information content (AvgIpc) is 3.01. The van der Waals surface area contributed by atoms with Gasteiger partial charge in [-0.2, -0.15) is 0 Å². The number of hydrogen-bond acceptors (Lipinski definition) is 5. The van der Waals surface area contributed by atoms with Crippen LogP contribution in [0.1, 0.15) is 20.8 Å². The van der Waals surface area contributed by atoms with Crippen LogP contribution < -0.4 is 20.5 Å². The number of carbonyl (C=O) groups is 1. The molecule has 2 aromatic rings. The van der Waals surface area contributed by atoms with Gasteiger partial charge in [-0.15, -0.1) is 11.3 Å². The summed E-state index contributed by atoms with van der Waals surface area (Å²) < 4.78 is 10.5. The maximum atomic E-state index is 12.0. The fraction of sp³-hybridized carbons (Fsp3) is 0.214. The lowest BCUT2D eigenvalue weighted by Crippen LogP contribution is -2.23. The summed E-state index contributed by atoms with van der Waals surface area (Å²) in [6.07, 6.45) is 0. The van der Waals surface area contributed by atoms with Crippen LogP contribution in [-0.2, 0) is 6.54 Å². The molecule has 0 aliphatic carbocycles. The Morgan fingerprint density at radius 3 is 2.90 bits per heavy atom. The second kappa shape index (κ2) is 5.05. The van der Waals surface area contributed by atoms with Crippen molar-refractivity contribution >= 4 is 22.2 Å². The lowest BCUT2D eigenvalue weighted by atomic mass is 10.2. The van der Waals surface area contributed by atoms with Crippen molar-refractivity contribution in [1.82, 2.24) is 5.32 Å². The first-order valence-electron chi connectivity index (χ1n) is 6.16. The lowest BCUT2D eigenvalue weighted by Gasteiger charge is -2.06. The van der Waals surface area contributed by atoms with E-state index in [2.05, 4.69) is 5.32 Å². The SMILES string of the molecule is Cc1cc(C(=O)NCc2ccc3c(c2)OCO3)c(N)s1. The van der Waals surface area contributed by atoms with Gasteiger partial charge in [-0.1, -0.05) is 6.07 Å². The van der Waals surface area contributed by atoms with Crippen molar-refractivity contribution < 1.29 is 14.3 Å². The number of nitrogens with two attached hydrogens (primary N) is 1. The normalized spacial score (nSPS) is 12.4. The van der Waals surface area contributed by atoms with Crippen LogP contribution in [0, 0.1) is 6.92 Å². The van der Waals surface area contributed by atoms with Crippen LogP contribution in [-0.4, -0.2) is 12.7 Å². The monoisotopic (exact) mass is 290 g/mol. The van der Waals surface area contributed by atoms with Gasteiger partial charge in [-0.3, -0.25) is 4.79 Å². The number of benzene rings is 1. The molecular formula is C14H14N2O3S. The molecule has 0 atom stereocenters. The summed E-state index contributed by atoms with van der Waals surface area (Å²) in [7, 11) is 0. The number of carbonyl (C=O) groups excluding carboxylic acids is 1. The summed E-state index contributed by atoms with van der Waals surface area (Å²) in [4.78, 5) is 13.1. The Labute approximate surface area is 120 Å². The Hall–Kier alpha value is -2.21. The van der Waals surface area contributed by atoms with Crippen molar-refractivity contribution in [3.8, 4) is 11.5 Å². The summed E-state index contributed by atoms with van der Waals surface area (Å²) in [6, 6.07) is 7.41. The Kier molecular flexibility index (Phi) is 3.23. The van der Waals surface area contributed by atoms with Gasteiger partial charge in [0.25, 0.3) is 5.91 Å². The first kappa shape index (κ1) is 12.8. The van der Waals surface area contributed by atoms with Gasteiger partial charge in [0.2, 0.25) is 6.79 Å². The molecule has 1 aromatic heterocycles. The van der Waals surface area contributed by atoms with Gasteiger partial charge in [0, 0.05) is 11.4 Å². The molecule has 1 aromatic carbocycles. The third-order valence-corrected chi connectivity index (χ3v) is 3.90. The highest BCUT2D eigenvalue weighted by Gasteiger charge is 2.15. The Bertz CT molecular complexity index is 666. The zero-order valence-electron chi connectivity index (χ0n) is 10.9. The molecule has 0 saturated heterocycles. The molecule has 0 bridgehead atoms. The van der Waals surface area contributed by atoms with Crippen LogP contribution in [0.15, 0.2) is 24.3 Å². The van der Waals surface area contributed by atoms with Crippen molar-refractivity contribution in [1.29, 1.82) is 0 Å². The van der Waals surface area contributed by atoms with Crippen LogP contribution >= 0.6 is 11.3 Å². The number of aryl methyl sites for hydroxylation is 1. The van der Waals surface area contributed by atoms with Crippen molar-refractivity contribution in [2.45, 2.75) is 13.5 Å². The van der Waals surface area contributed by atoms with Crippen molar-refractivity contribution in [3.63, 3.8) is 0 Å². The van der Waals surface area contributed by atoms with Gasteiger partial charge in [-0.25, -0.2) is 0 Å². The van der Waals surface area contributed by atoms with E-state index in [4.69, 9.17) is 15.2 Å². The molecule has 20 heavy (non-hydrogen) atoms. The van der Waals surface area contributed by atoms with E-state index >= 15 is 0 Å². The zero-order valence-corrected chi connectivity index (χ0v) is 11.8. The molecule has 3 N–H and O–H groups in total. The predicted molar refractivity (Wildman–Crippen MR) is 77.2 cm³/mol. The molecule has 0 spiro atoms. The summed E-state index contributed by atoms with van der Waals surface area (Å²) in [5, 5.41) is 3.40. The number of rotatable bonds is 3. The first-order valence-corrected chi connectivity index (χ1v) is 6.98. The maximum absolute atomic E-state index is 12.0. The summed E-state index contributed by atoms with van der Waals surface area (Å²) in [6.45, 7) is 2.59. The van der Waals surface area contributed by atoms with Crippen LogP contribution in [0.5, 0.6) is 11.5 Å². The highest BCUT2D eigenvalue weighted by atomic mass is 32.1. The largest absolute Gasteiger partial charge is 0.454 e.